The molecule has 1 amide bonds. The molecule has 5 nitrogen and oxygen atoms in total. The Morgan fingerprint density at radius 1 is 1.50 bits per heavy atom. The minimum absolute atomic E-state index is 0.181. The summed E-state index contributed by atoms with van der Waals surface area (Å²) in [5, 5.41) is 2.49. The molecule has 0 aliphatic carbocycles. The van der Waals surface area contributed by atoms with Crippen LogP contribution in [-0.4, -0.2) is 32.3 Å². The molecule has 7 heteroatoms. The molecular weight excluding hydrogens is 248 g/mol. The first-order valence-corrected chi connectivity index (χ1v) is 6.37. The van der Waals surface area contributed by atoms with Gasteiger partial charge in [0, 0.05) is 7.05 Å². The third-order valence-corrected chi connectivity index (χ3v) is 4.23. The molecule has 0 saturated carbocycles. The van der Waals surface area contributed by atoms with E-state index >= 15 is 0 Å². The number of hydrogen-bond acceptors (Lipinski definition) is 6. The van der Waals surface area contributed by atoms with Gasteiger partial charge in [0.2, 0.25) is 0 Å². The molecule has 0 fully saturated rings. The van der Waals surface area contributed by atoms with Gasteiger partial charge >= 0.3 is 5.97 Å². The van der Waals surface area contributed by atoms with Crippen LogP contribution in [0.3, 0.4) is 0 Å². The van der Waals surface area contributed by atoms with E-state index < -0.39 is 5.97 Å². The summed E-state index contributed by atoms with van der Waals surface area (Å²) < 4.78 is 5.30. The average molecular weight is 260 g/mol. The number of thiophene rings is 1. The molecule has 0 atom stereocenters. The van der Waals surface area contributed by atoms with Crippen LogP contribution in [0.25, 0.3) is 0 Å². The minimum atomic E-state index is -0.520. The fourth-order valence-electron chi connectivity index (χ4n) is 1.15. The number of nitrogens with one attached hydrogen (secondary N) is 1. The molecule has 1 heterocycles. The molecule has 3 N–H and O–H groups in total. The number of rotatable bonds is 3. The van der Waals surface area contributed by atoms with Crippen LogP contribution in [0.2, 0.25) is 0 Å². The van der Waals surface area contributed by atoms with Gasteiger partial charge in [-0.1, -0.05) is 0 Å². The van der Waals surface area contributed by atoms with E-state index in [-0.39, 0.29) is 16.5 Å². The lowest BCUT2D eigenvalue weighted by Gasteiger charge is -2.01. The standard InChI is InChI=1S/C9H12N2O3S2/c1-11-7(12)4-5(10)6(8(13)14-2)16-9(4)15-3/h10H2,1-3H3,(H,11,12). The van der Waals surface area contributed by atoms with E-state index in [4.69, 9.17) is 5.73 Å². The normalized spacial score (nSPS) is 9.94. The van der Waals surface area contributed by atoms with Crippen molar-refractivity contribution >= 4 is 40.7 Å². The molecule has 0 aliphatic heterocycles. The summed E-state index contributed by atoms with van der Waals surface area (Å²) in [6.07, 6.45) is 1.82. The molecule has 0 saturated heterocycles. The number of methoxy groups -OCH3 is 1. The highest BCUT2D eigenvalue weighted by molar-refractivity contribution is 8.00. The number of esters is 1. The highest BCUT2D eigenvalue weighted by atomic mass is 32.2. The smallest absolute Gasteiger partial charge is 0.350 e. The van der Waals surface area contributed by atoms with Crippen molar-refractivity contribution < 1.29 is 14.3 Å². The summed E-state index contributed by atoms with van der Waals surface area (Å²) in [5.41, 5.74) is 6.30. The minimum Gasteiger partial charge on any atom is -0.465 e. The van der Waals surface area contributed by atoms with Crippen LogP contribution in [0.15, 0.2) is 4.21 Å². The third kappa shape index (κ3) is 2.14. The van der Waals surface area contributed by atoms with Gasteiger partial charge in [0.25, 0.3) is 5.91 Å². The first kappa shape index (κ1) is 12.9. The van der Waals surface area contributed by atoms with Gasteiger partial charge < -0.3 is 15.8 Å². The van der Waals surface area contributed by atoms with Crippen LogP contribution < -0.4 is 11.1 Å². The number of thioether (sulfide) groups is 1. The van der Waals surface area contributed by atoms with Crippen molar-refractivity contribution in [3.05, 3.63) is 10.4 Å². The van der Waals surface area contributed by atoms with Gasteiger partial charge in [0.1, 0.15) is 4.88 Å². The van der Waals surface area contributed by atoms with Gasteiger partial charge in [-0.3, -0.25) is 4.79 Å². The maximum absolute atomic E-state index is 11.6. The molecule has 0 aliphatic rings. The predicted molar refractivity (Wildman–Crippen MR) is 65.2 cm³/mol. The van der Waals surface area contributed by atoms with Crippen molar-refractivity contribution in [2.45, 2.75) is 4.21 Å². The third-order valence-electron chi connectivity index (χ3n) is 1.92. The Balaban J connectivity index is 3.32. The Morgan fingerprint density at radius 2 is 2.12 bits per heavy atom. The zero-order chi connectivity index (χ0) is 12.3. The second-order valence-electron chi connectivity index (χ2n) is 2.78. The predicted octanol–water partition coefficient (Wildman–Crippen LogP) is 1.20. The Morgan fingerprint density at radius 3 is 2.56 bits per heavy atom. The van der Waals surface area contributed by atoms with Crippen molar-refractivity contribution in [3.8, 4) is 0 Å². The van der Waals surface area contributed by atoms with E-state index in [0.29, 0.717) is 9.77 Å². The number of anilines is 1. The van der Waals surface area contributed by atoms with Gasteiger partial charge in [0.05, 0.1) is 22.6 Å². The SMILES string of the molecule is CNC(=O)c1c(SC)sc(C(=O)OC)c1N. The molecule has 88 valence electrons. The summed E-state index contributed by atoms with van der Waals surface area (Å²) in [5.74, 6) is -0.818. The first-order chi connectivity index (χ1) is 7.56. The molecule has 1 aromatic heterocycles. The van der Waals surface area contributed by atoms with Gasteiger partial charge in [-0.25, -0.2) is 4.79 Å². The summed E-state index contributed by atoms with van der Waals surface area (Å²) >= 11 is 2.54. The van der Waals surface area contributed by atoms with E-state index in [1.165, 1.54) is 37.3 Å². The highest BCUT2D eigenvalue weighted by Gasteiger charge is 2.24. The molecule has 16 heavy (non-hydrogen) atoms. The number of nitrogen functional groups attached to an aromatic ring is 1. The zero-order valence-electron chi connectivity index (χ0n) is 9.12. The van der Waals surface area contributed by atoms with Gasteiger partial charge in [-0.15, -0.1) is 23.1 Å². The number of nitrogens with two attached hydrogens (primary N) is 1. The fraction of sp³-hybridized carbons (Fsp3) is 0.333. The average Bonchev–Trinajstić information content (AvgIpc) is 2.64. The van der Waals surface area contributed by atoms with Crippen molar-refractivity contribution in [2.24, 2.45) is 0 Å². The number of hydrogen-bond donors (Lipinski definition) is 2. The lowest BCUT2D eigenvalue weighted by Crippen LogP contribution is -2.19. The Bertz CT molecular complexity index is 429. The van der Waals surface area contributed by atoms with Crippen LogP contribution >= 0.6 is 23.1 Å². The maximum Gasteiger partial charge on any atom is 0.350 e. The molecule has 1 rings (SSSR count). The Labute approximate surface area is 101 Å². The summed E-state index contributed by atoms with van der Waals surface area (Å²) in [6, 6.07) is 0. The monoisotopic (exact) mass is 260 g/mol. The van der Waals surface area contributed by atoms with Crippen LogP contribution in [0.1, 0.15) is 20.0 Å². The van der Waals surface area contributed by atoms with E-state index in [0.717, 1.165) is 0 Å². The van der Waals surface area contributed by atoms with Gasteiger partial charge in [-0.2, -0.15) is 0 Å². The molecule has 0 spiro atoms. The second kappa shape index (κ2) is 5.22. The number of ether oxygens (including phenoxy) is 1. The molecule has 0 radical (unpaired) electrons. The summed E-state index contributed by atoms with van der Waals surface area (Å²) in [4.78, 5) is 23.3. The number of amides is 1. The van der Waals surface area contributed by atoms with E-state index in [2.05, 4.69) is 10.1 Å². The second-order valence-corrected chi connectivity index (χ2v) is 4.88. The summed E-state index contributed by atoms with van der Waals surface area (Å²) in [7, 11) is 2.79. The fourth-order valence-corrected chi connectivity index (χ4v) is 3.01. The first-order valence-electron chi connectivity index (χ1n) is 4.33. The molecular formula is C9H12N2O3S2. The molecule has 0 unspecified atom stereocenters. The van der Waals surface area contributed by atoms with Crippen LogP contribution in [0, 0.1) is 0 Å². The number of carbonyl (C=O) groups excluding carboxylic acids is 2. The quantitative estimate of drug-likeness (QED) is 0.630. The summed E-state index contributed by atoms with van der Waals surface area (Å²) in [6.45, 7) is 0. The van der Waals surface area contributed by atoms with Crippen molar-refractivity contribution in [1.82, 2.24) is 5.32 Å². The van der Waals surface area contributed by atoms with Gasteiger partial charge in [-0.05, 0) is 6.26 Å². The lowest BCUT2D eigenvalue weighted by atomic mass is 10.2. The van der Waals surface area contributed by atoms with E-state index in [1.807, 2.05) is 6.26 Å². The van der Waals surface area contributed by atoms with E-state index in [9.17, 15) is 9.59 Å². The maximum atomic E-state index is 11.6. The molecule has 0 bridgehead atoms. The number of carbonyl (C=O) groups is 2. The van der Waals surface area contributed by atoms with Gasteiger partial charge in [0.15, 0.2) is 0 Å². The lowest BCUT2D eigenvalue weighted by molar-refractivity contribution is 0.0607. The van der Waals surface area contributed by atoms with Crippen molar-refractivity contribution in [1.29, 1.82) is 0 Å². The Hall–Kier alpha value is -1.21. The van der Waals surface area contributed by atoms with Crippen molar-refractivity contribution in [3.63, 3.8) is 0 Å². The highest BCUT2D eigenvalue weighted by Crippen LogP contribution is 2.37. The molecule has 1 aromatic rings. The Kier molecular flexibility index (Phi) is 4.19. The molecule has 0 aromatic carbocycles. The van der Waals surface area contributed by atoms with E-state index in [1.54, 1.807) is 0 Å². The largest absolute Gasteiger partial charge is 0.465 e. The van der Waals surface area contributed by atoms with Crippen LogP contribution in [0.4, 0.5) is 5.69 Å². The zero-order valence-corrected chi connectivity index (χ0v) is 10.8. The van der Waals surface area contributed by atoms with Crippen LogP contribution in [-0.2, 0) is 4.74 Å². The van der Waals surface area contributed by atoms with Crippen molar-refractivity contribution in [2.75, 3.05) is 26.1 Å². The van der Waals surface area contributed by atoms with Crippen LogP contribution in [0.5, 0.6) is 0 Å². The topological polar surface area (TPSA) is 81.4 Å².